The first-order valence-electron chi connectivity index (χ1n) is 5.63. The Bertz CT molecular complexity index is 404. The normalized spacial score (nSPS) is 11.1. The number of carbonyl (C=O) groups is 1. The Balaban J connectivity index is 2.85. The van der Waals surface area contributed by atoms with Gasteiger partial charge in [0.05, 0.1) is 23.0 Å². The van der Waals surface area contributed by atoms with Crippen molar-refractivity contribution in [2.75, 3.05) is 13.1 Å². The molecule has 1 heterocycles. The maximum absolute atomic E-state index is 10.7. The Morgan fingerprint density at radius 1 is 1.53 bits per heavy atom. The molecule has 17 heavy (non-hydrogen) atoms. The van der Waals surface area contributed by atoms with Crippen LogP contribution in [0.4, 0.5) is 0 Å². The first-order chi connectivity index (χ1) is 7.99. The molecule has 6 heteroatoms. The largest absolute Gasteiger partial charge is 0.480 e. The van der Waals surface area contributed by atoms with E-state index in [1.54, 1.807) is 4.68 Å². The summed E-state index contributed by atoms with van der Waals surface area (Å²) in [6.45, 7) is 5.10. The highest BCUT2D eigenvalue weighted by molar-refractivity contribution is 6.31. The molecule has 1 aromatic rings. The molecule has 0 unspecified atom stereocenters. The van der Waals surface area contributed by atoms with Gasteiger partial charge in [0, 0.05) is 13.6 Å². The van der Waals surface area contributed by atoms with Crippen LogP contribution in [0.15, 0.2) is 0 Å². The van der Waals surface area contributed by atoms with Gasteiger partial charge in [-0.05, 0) is 13.0 Å². The van der Waals surface area contributed by atoms with E-state index < -0.39 is 5.97 Å². The number of halogens is 1. The molecule has 1 N–H and O–H groups in total. The minimum Gasteiger partial charge on any atom is -0.480 e. The third-order valence-corrected chi connectivity index (χ3v) is 3.12. The SMILES string of the molecule is CCc1nn(C)c(CN(CC)CC(=O)O)c1Cl. The lowest BCUT2D eigenvalue weighted by Gasteiger charge is -2.18. The third-order valence-electron chi connectivity index (χ3n) is 2.68. The van der Waals surface area contributed by atoms with Crippen LogP contribution in [-0.4, -0.2) is 38.8 Å². The van der Waals surface area contributed by atoms with E-state index in [0.29, 0.717) is 18.1 Å². The number of rotatable bonds is 6. The molecule has 0 bridgehead atoms. The van der Waals surface area contributed by atoms with Crippen LogP contribution < -0.4 is 0 Å². The third kappa shape index (κ3) is 3.44. The lowest BCUT2D eigenvalue weighted by molar-refractivity contribution is -0.138. The Kier molecular flexibility index (Phi) is 4.96. The van der Waals surface area contributed by atoms with E-state index in [1.807, 2.05) is 25.8 Å². The number of aliphatic carboxylic acids is 1. The van der Waals surface area contributed by atoms with E-state index in [4.69, 9.17) is 16.7 Å². The first-order valence-corrected chi connectivity index (χ1v) is 6.01. The van der Waals surface area contributed by atoms with Crippen molar-refractivity contribution in [2.45, 2.75) is 26.8 Å². The van der Waals surface area contributed by atoms with Crippen molar-refractivity contribution < 1.29 is 9.90 Å². The van der Waals surface area contributed by atoms with E-state index in [0.717, 1.165) is 17.8 Å². The van der Waals surface area contributed by atoms with Gasteiger partial charge in [-0.25, -0.2) is 0 Å². The lowest BCUT2D eigenvalue weighted by Crippen LogP contribution is -2.30. The van der Waals surface area contributed by atoms with Crippen LogP contribution >= 0.6 is 11.6 Å². The molecular weight excluding hydrogens is 242 g/mol. The maximum Gasteiger partial charge on any atom is 0.317 e. The molecule has 5 nitrogen and oxygen atoms in total. The molecule has 0 spiro atoms. The van der Waals surface area contributed by atoms with Crippen molar-refractivity contribution >= 4 is 17.6 Å². The maximum atomic E-state index is 10.7. The topological polar surface area (TPSA) is 58.4 Å². The van der Waals surface area contributed by atoms with Crippen LogP contribution in [0.25, 0.3) is 0 Å². The van der Waals surface area contributed by atoms with Gasteiger partial charge in [-0.15, -0.1) is 0 Å². The average molecular weight is 260 g/mol. The van der Waals surface area contributed by atoms with Gasteiger partial charge in [0.2, 0.25) is 0 Å². The summed E-state index contributed by atoms with van der Waals surface area (Å²) in [6.07, 6.45) is 0.776. The molecule has 0 aliphatic heterocycles. The van der Waals surface area contributed by atoms with Gasteiger partial charge in [-0.1, -0.05) is 25.4 Å². The molecule has 0 radical (unpaired) electrons. The molecule has 0 aliphatic carbocycles. The summed E-state index contributed by atoms with van der Waals surface area (Å²) in [5.74, 6) is -0.833. The summed E-state index contributed by atoms with van der Waals surface area (Å²) in [5.41, 5.74) is 1.72. The fourth-order valence-corrected chi connectivity index (χ4v) is 2.03. The summed E-state index contributed by atoms with van der Waals surface area (Å²) in [7, 11) is 1.83. The summed E-state index contributed by atoms with van der Waals surface area (Å²) >= 11 is 6.21. The van der Waals surface area contributed by atoms with Gasteiger partial charge < -0.3 is 5.11 Å². The molecule has 0 aliphatic rings. The highest BCUT2D eigenvalue weighted by Gasteiger charge is 2.16. The van der Waals surface area contributed by atoms with Gasteiger partial charge in [0.15, 0.2) is 0 Å². The number of likely N-dealkylation sites (N-methyl/N-ethyl adjacent to an activating group) is 1. The van der Waals surface area contributed by atoms with Crippen LogP contribution in [0.2, 0.25) is 5.02 Å². The fraction of sp³-hybridized carbons (Fsp3) is 0.636. The quantitative estimate of drug-likeness (QED) is 0.842. The van der Waals surface area contributed by atoms with Gasteiger partial charge in [-0.2, -0.15) is 5.10 Å². The Morgan fingerprint density at radius 2 is 2.18 bits per heavy atom. The zero-order valence-electron chi connectivity index (χ0n) is 10.4. The zero-order chi connectivity index (χ0) is 13.0. The minimum atomic E-state index is -0.833. The standard InChI is InChI=1S/C11H18ClN3O2/c1-4-8-11(12)9(14(3)13-8)6-15(5-2)7-10(16)17/h4-7H2,1-3H3,(H,16,17). The van der Waals surface area contributed by atoms with Gasteiger partial charge in [-0.3, -0.25) is 14.4 Å². The second kappa shape index (κ2) is 6.02. The van der Waals surface area contributed by atoms with E-state index >= 15 is 0 Å². The van der Waals surface area contributed by atoms with Crippen molar-refractivity contribution in [3.8, 4) is 0 Å². The van der Waals surface area contributed by atoms with Crippen LogP contribution in [0.3, 0.4) is 0 Å². The van der Waals surface area contributed by atoms with E-state index in [2.05, 4.69) is 5.10 Å². The molecule has 0 amide bonds. The Morgan fingerprint density at radius 3 is 2.59 bits per heavy atom. The molecule has 0 saturated heterocycles. The van der Waals surface area contributed by atoms with Gasteiger partial charge in [0.1, 0.15) is 0 Å². The molecular formula is C11H18ClN3O2. The van der Waals surface area contributed by atoms with Crippen molar-refractivity contribution in [1.82, 2.24) is 14.7 Å². The van der Waals surface area contributed by atoms with Crippen molar-refractivity contribution in [2.24, 2.45) is 7.05 Å². The van der Waals surface area contributed by atoms with Crippen LogP contribution in [-0.2, 0) is 24.8 Å². The summed E-state index contributed by atoms with van der Waals surface area (Å²) in [5, 5.41) is 13.7. The Labute approximate surface area is 106 Å². The first kappa shape index (κ1) is 14.0. The highest BCUT2D eigenvalue weighted by atomic mass is 35.5. The highest BCUT2D eigenvalue weighted by Crippen LogP contribution is 2.22. The number of carboxylic acids is 1. The lowest BCUT2D eigenvalue weighted by atomic mass is 10.3. The van der Waals surface area contributed by atoms with E-state index in [-0.39, 0.29) is 6.54 Å². The van der Waals surface area contributed by atoms with Crippen LogP contribution in [0.1, 0.15) is 25.2 Å². The van der Waals surface area contributed by atoms with Crippen LogP contribution in [0.5, 0.6) is 0 Å². The number of carboxylic acid groups (broad SMARTS) is 1. The predicted molar refractivity (Wildman–Crippen MR) is 66.2 cm³/mol. The molecule has 1 aromatic heterocycles. The van der Waals surface area contributed by atoms with Crippen molar-refractivity contribution in [1.29, 1.82) is 0 Å². The van der Waals surface area contributed by atoms with Gasteiger partial charge >= 0.3 is 5.97 Å². The van der Waals surface area contributed by atoms with Crippen molar-refractivity contribution in [3.05, 3.63) is 16.4 Å². The second-order valence-electron chi connectivity index (χ2n) is 3.88. The second-order valence-corrected chi connectivity index (χ2v) is 4.26. The predicted octanol–water partition coefficient (Wildman–Crippen LogP) is 1.54. The monoisotopic (exact) mass is 259 g/mol. The fourth-order valence-electron chi connectivity index (χ4n) is 1.67. The zero-order valence-corrected chi connectivity index (χ0v) is 11.2. The Hall–Kier alpha value is -1.07. The van der Waals surface area contributed by atoms with Crippen LogP contribution in [0, 0.1) is 0 Å². The summed E-state index contributed by atoms with van der Waals surface area (Å²) in [6, 6.07) is 0. The summed E-state index contributed by atoms with van der Waals surface area (Å²) < 4.78 is 1.73. The average Bonchev–Trinajstić information content (AvgIpc) is 2.54. The summed E-state index contributed by atoms with van der Waals surface area (Å²) in [4.78, 5) is 12.5. The number of aryl methyl sites for hydroxylation is 2. The number of aromatic nitrogens is 2. The number of hydrogen-bond acceptors (Lipinski definition) is 3. The molecule has 0 fully saturated rings. The number of nitrogens with zero attached hydrogens (tertiary/aromatic N) is 3. The molecule has 0 saturated carbocycles. The smallest absolute Gasteiger partial charge is 0.317 e. The minimum absolute atomic E-state index is 0.0134. The van der Waals surface area contributed by atoms with Gasteiger partial charge in [0.25, 0.3) is 0 Å². The van der Waals surface area contributed by atoms with E-state index in [9.17, 15) is 4.79 Å². The van der Waals surface area contributed by atoms with E-state index in [1.165, 1.54) is 0 Å². The molecule has 0 aromatic carbocycles. The molecule has 96 valence electrons. The molecule has 0 atom stereocenters. The number of hydrogen-bond donors (Lipinski definition) is 1. The van der Waals surface area contributed by atoms with Crippen molar-refractivity contribution in [3.63, 3.8) is 0 Å². The molecule has 1 rings (SSSR count).